The average Bonchev–Trinajstić information content (AvgIpc) is 3.29. The Kier molecular flexibility index (Phi) is 4.19. The van der Waals surface area contributed by atoms with E-state index >= 15 is 0 Å². The molecule has 0 aliphatic carbocycles. The smallest absolute Gasteiger partial charge is 0.273 e. The Balaban J connectivity index is 1.67. The standard InChI is InChI=1S/C16H11BrN2O3S3/c1-9-15(17)16(22-18-9)19-25(20,21)14-7-6-12(24-14)13-8-10-4-2-3-5-11(10)23-13/h2-8,19H,1H3. The minimum Gasteiger partial charge on any atom is -0.336 e. The molecule has 9 heteroatoms. The van der Waals surface area contributed by atoms with Crippen LogP contribution < -0.4 is 4.72 Å². The van der Waals surface area contributed by atoms with E-state index in [1.54, 1.807) is 24.3 Å². The van der Waals surface area contributed by atoms with Gasteiger partial charge in [-0.2, -0.15) is 0 Å². The Morgan fingerprint density at radius 2 is 1.92 bits per heavy atom. The van der Waals surface area contributed by atoms with Crippen LogP contribution in [0.25, 0.3) is 19.8 Å². The van der Waals surface area contributed by atoms with Crippen LogP contribution in [0.1, 0.15) is 5.69 Å². The largest absolute Gasteiger partial charge is 0.336 e. The van der Waals surface area contributed by atoms with Crippen LogP contribution in [0, 0.1) is 6.92 Å². The number of benzene rings is 1. The van der Waals surface area contributed by atoms with Gasteiger partial charge in [0.1, 0.15) is 8.68 Å². The highest BCUT2D eigenvalue weighted by molar-refractivity contribution is 9.10. The molecule has 3 heterocycles. The molecular formula is C16H11BrN2O3S3. The summed E-state index contributed by atoms with van der Waals surface area (Å²) in [5.74, 6) is 0.0781. The Morgan fingerprint density at radius 3 is 2.64 bits per heavy atom. The van der Waals surface area contributed by atoms with Crippen LogP contribution in [-0.4, -0.2) is 13.6 Å². The van der Waals surface area contributed by atoms with E-state index in [0.29, 0.717) is 10.2 Å². The summed E-state index contributed by atoms with van der Waals surface area (Å²) in [6.07, 6.45) is 0. The third-order valence-corrected chi connectivity index (χ3v) is 8.69. The second-order valence-corrected chi connectivity index (χ2v) is 10.2. The van der Waals surface area contributed by atoms with Gasteiger partial charge >= 0.3 is 0 Å². The number of nitrogens with zero attached hydrogens (tertiary/aromatic N) is 1. The molecule has 0 aliphatic heterocycles. The molecule has 4 rings (SSSR count). The molecule has 0 bridgehead atoms. The van der Waals surface area contributed by atoms with Crippen molar-refractivity contribution < 1.29 is 12.9 Å². The summed E-state index contributed by atoms with van der Waals surface area (Å²) in [5, 5.41) is 4.88. The molecule has 0 aliphatic rings. The highest BCUT2D eigenvalue weighted by Gasteiger charge is 2.22. The van der Waals surface area contributed by atoms with Crippen molar-refractivity contribution in [3.63, 3.8) is 0 Å². The first kappa shape index (κ1) is 16.8. The van der Waals surface area contributed by atoms with Gasteiger partial charge in [-0.1, -0.05) is 23.4 Å². The first-order chi connectivity index (χ1) is 11.9. The zero-order valence-electron chi connectivity index (χ0n) is 12.8. The molecule has 0 atom stereocenters. The fourth-order valence-electron chi connectivity index (χ4n) is 2.29. The van der Waals surface area contributed by atoms with Gasteiger partial charge < -0.3 is 4.52 Å². The van der Waals surface area contributed by atoms with Crippen LogP contribution >= 0.6 is 38.6 Å². The highest BCUT2D eigenvalue weighted by Crippen LogP contribution is 2.39. The zero-order valence-corrected chi connectivity index (χ0v) is 16.9. The molecule has 1 aromatic carbocycles. The van der Waals surface area contributed by atoms with E-state index in [4.69, 9.17) is 4.52 Å². The topological polar surface area (TPSA) is 72.2 Å². The summed E-state index contributed by atoms with van der Waals surface area (Å²) in [7, 11) is -3.73. The fourth-order valence-corrected chi connectivity index (χ4v) is 6.12. The number of aromatic nitrogens is 1. The lowest BCUT2D eigenvalue weighted by atomic mass is 10.2. The maximum atomic E-state index is 12.6. The molecule has 0 radical (unpaired) electrons. The fraction of sp³-hybridized carbons (Fsp3) is 0.0625. The van der Waals surface area contributed by atoms with Gasteiger partial charge in [-0.05, 0) is 52.5 Å². The molecule has 0 saturated carbocycles. The van der Waals surface area contributed by atoms with E-state index in [-0.39, 0.29) is 10.1 Å². The molecule has 0 unspecified atom stereocenters. The van der Waals surface area contributed by atoms with Crippen molar-refractivity contribution in [1.29, 1.82) is 0 Å². The van der Waals surface area contributed by atoms with E-state index in [1.807, 2.05) is 24.3 Å². The van der Waals surface area contributed by atoms with Crippen LogP contribution in [-0.2, 0) is 10.0 Å². The lowest BCUT2D eigenvalue weighted by Crippen LogP contribution is -2.11. The van der Waals surface area contributed by atoms with Crippen molar-refractivity contribution >= 4 is 64.6 Å². The van der Waals surface area contributed by atoms with E-state index in [0.717, 1.165) is 15.1 Å². The predicted octanol–water partition coefficient (Wildman–Crippen LogP) is 5.49. The maximum absolute atomic E-state index is 12.6. The highest BCUT2D eigenvalue weighted by atomic mass is 79.9. The molecule has 0 fully saturated rings. The lowest BCUT2D eigenvalue weighted by molar-refractivity contribution is 0.430. The van der Waals surface area contributed by atoms with Gasteiger partial charge in [0.15, 0.2) is 0 Å². The van der Waals surface area contributed by atoms with Crippen LogP contribution in [0.4, 0.5) is 5.88 Å². The Morgan fingerprint density at radius 1 is 1.12 bits per heavy atom. The number of halogens is 1. The monoisotopic (exact) mass is 454 g/mol. The molecule has 0 amide bonds. The number of hydrogen-bond donors (Lipinski definition) is 1. The van der Waals surface area contributed by atoms with Gasteiger partial charge in [-0.3, -0.25) is 0 Å². The Labute approximate surface area is 160 Å². The van der Waals surface area contributed by atoms with Gasteiger partial charge in [0.2, 0.25) is 0 Å². The quantitative estimate of drug-likeness (QED) is 0.442. The molecule has 5 nitrogen and oxygen atoms in total. The van der Waals surface area contributed by atoms with Crippen LogP contribution in [0.3, 0.4) is 0 Å². The number of rotatable bonds is 4. The summed E-state index contributed by atoms with van der Waals surface area (Å²) in [5.41, 5.74) is 0.579. The molecule has 4 aromatic rings. The van der Waals surface area contributed by atoms with Crippen molar-refractivity contribution in [3.05, 3.63) is 52.6 Å². The molecule has 0 saturated heterocycles. The van der Waals surface area contributed by atoms with Crippen molar-refractivity contribution in [3.8, 4) is 9.75 Å². The SMILES string of the molecule is Cc1noc(NS(=O)(=O)c2ccc(-c3cc4ccccc4s3)s2)c1Br. The van der Waals surface area contributed by atoms with E-state index in [2.05, 4.69) is 37.9 Å². The summed E-state index contributed by atoms with van der Waals surface area (Å²) < 4.78 is 34.5. The third-order valence-electron chi connectivity index (χ3n) is 3.53. The summed E-state index contributed by atoms with van der Waals surface area (Å²) in [4.78, 5) is 1.96. The summed E-state index contributed by atoms with van der Waals surface area (Å²) in [6.45, 7) is 1.72. The second-order valence-electron chi connectivity index (χ2n) is 5.28. The van der Waals surface area contributed by atoms with E-state index in [9.17, 15) is 8.42 Å². The molecular weight excluding hydrogens is 444 g/mol. The number of aryl methyl sites for hydroxylation is 1. The van der Waals surface area contributed by atoms with Gasteiger partial charge in [-0.25, -0.2) is 13.1 Å². The van der Waals surface area contributed by atoms with Crippen LogP contribution in [0.5, 0.6) is 0 Å². The third kappa shape index (κ3) is 3.12. The normalized spacial score (nSPS) is 11.9. The minimum absolute atomic E-state index is 0.0781. The summed E-state index contributed by atoms with van der Waals surface area (Å²) >= 11 is 6.12. The van der Waals surface area contributed by atoms with Gasteiger partial charge in [-0.15, -0.1) is 22.7 Å². The minimum atomic E-state index is -3.73. The Bertz CT molecular complexity index is 1140. The molecule has 0 spiro atoms. The van der Waals surface area contributed by atoms with Crippen molar-refractivity contribution in [2.45, 2.75) is 11.1 Å². The molecule has 128 valence electrons. The van der Waals surface area contributed by atoms with Crippen molar-refractivity contribution in [2.24, 2.45) is 0 Å². The zero-order chi connectivity index (χ0) is 17.6. The maximum Gasteiger partial charge on any atom is 0.273 e. The van der Waals surface area contributed by atoms with Crippen molar-refractivity contribution in [2.75, 3.05) is 4.72 Å². The van der Waals surface area contributed by atoms with Gasteiger partial charge in [0.05, 0.1) is 5.69 Å². The number of fused-ring (bicyclic) bond motifs is 1. The number of thiophene rings is 2. The van der Waals surface area contributed by atoms with Gasteiger partial charge in [0.25, 0.3) is 15.9 Å². The molecule has 3 aromatic heterocycles. The molecule has 1 N–H and O–H groups in total. The first-order valence-electron chi connectivity index (χ1n) is 7.17. The molecule has 25 heavy (non-hydrogen) atoms. The second kappa shape index (κ2) is 6.24. The number of hydrogen-bond acceptors (Lipinski definition) is 6. The predicted molar refractivity (Wildman–Crippen MR) is 105 cm³/mol. The summed E-state index contributed by atoms with van der Waals surface area (Å²) in [6, 6.07) is 13.6. The van der Waals surface area contributed by atoms with E-state index < -0.39 is 10.0 Å². The number of sulfonamides is 1. The first-order valence-corrected chi connectivity index (χ1v) is 11.1. The van der Waals surface area contributed by atoms with Gasteiger partial charge in [0, 0.05) is 14.5 Å². The van der Waals surface area contributed by atoms with Crippen molar-refractivity contribution in [1.82, 2.24) is 5.16 Å². The number of anilines is 1. The van der Waals surface area contributed by atoms with Crippen LogP contribution in [0.2, 0.25) is 0 Å². The van der Waals surface area contributed by atoms with E-state index in [1.165, 1.54) is 16.0 Å². The Hall–Kier alpha value is -1.68. The van der Waals surface area contributed by atoms with Crippen LogP contribution in [0.15, 0.2) is 55.7 Å². The average molecular weight is 455 g/mol. The lowest BCUT2D eigenvalue weighted by Gasteiger charge is -2.02. The number of nitrogens with one attached hydrogen (secondary N) is 1.